The SMILES string of the molecule is CC(O)CNCCCN1CCCC1. The quantitative estimate of drug-likeness (QED) is 0.591. The number of rotatable bonds is 6. The van der Waals surface area contributed by atoms with Gasteiger partial charge in [-0.3, -0.25) is 0 Å². The van der Waals surface area contributed by atoms with Crippen LogP contribution in [0, 0.1) is 0 Å². The molecule has 0 amide bonds. The number of hydrogen-bond donors (Lipinski definition) is 2. The third-order valence-corrected chi connectivity index (χ3v) is 2.47. The van der Waals surface area contributed by atoms with Gasteiger partial charge in [0.05, 0.1) is 6.10 Å². The van der Waals surface area contributed by atoms with Crippen LogP contribution in [0.15, 0.2) is 0 Å². The summed E-state index contributed by atoms with van der Waals surface area (Å²) in [5, 5.41) is 12.2. The summed E-state index contributed by atoms with van der Waals surface area (Å²) < 4.78 is 0. The summed E-state index contributed by atoms with van der Waals surface area (Å²) in [5.74, 6) is 0. The number of hydrogen-bond acceptors (Lipinski definition) is 3. The molecule has 0 spiro atoms. The first-order valence-electron chi connectivity index (χ1n) is 5.40. The Labute approximate surface area is 81.1 Å². The van der Waals surface area contributed by atoms with Crippen LogP contribution in [-0.4, -0.2) is 48.8 Å². The van der Waals surface area contributed by atoms with E-state index in [9.17, 15) is 0 Å². The van der Waals surface area contributed by atoms with E-state index in [4.69, 9.17) is 5.11 Å². The average molecular weight is 186 g/mol. The lowest BCUT2D eigenvalue weighted by Gasteiger charge is -2.14. The summed E-state index contributed by atoms with van der Waals surface area (Å²) in [6.07, 6.45) is 3.74. The maximum atomic E-state index is 8.99. The van der Waals surface area contributed by atoms with Crippen molar-refractivity contribution >= 4 is 0 Å². The minimum absolute atomic E-state index is 0.216. The van der Waals surface area contributed by atoms with E-state index in [-0.39, 0.29) is 6.10 Å². The van der Waals surface area contributed by atoms with Gasteiger partial charge in [-0.15, -0.1) is 0 Å². The highest BCUT2D eigenvalue weighted by molar-refractivity contribution is 4.66. The van der Waals surface area contributed by atoms with Gasteiger partial charge in [0.1, 0.15) is 0 Å². The maximum Gasteiger partial charge on any atom is 0.0636 e. The summed E-state index contributed by atoms with van der Waals surface area (Å²) >= 11 is 0. The van der Waals surface area contributed by atoms with Gasteiger partial charge in [0, 0.05) is 6.54 Å². The molecule has 0 aromatic rings. The Hall–Kier alpha value is -0.120. The predicted octanol–water partition coefficient (Wildman–Crippen LogP) is 0.443. The molecule has 0 saturated carbocycles. The molecule has 13 heavy (non-hydrogen) atoms. The summed E-state index contributed by atoms with van der Waals surface area (Å²) in [6.45, 7) is 7.36. The van der Waals surface area contributed by atoms with Crippen molar-refractivity contribution in [3.05, 3.63) is 0 Å². The molecule has 1 saturated heterocycles. The van der Waals surface area contributed by atoms with Crippen LogP contribution in [0.3, 0.4) is 0 Å². The van der Waals surface area contributed by atoms with E-state index in [1.54, 1.807) is 0 Å². The highest BCUT2D eigenvalue weighted by Gasteiger charge is 2.09. The molecule has 1 rings (SSSR count). The lowest BCUT2D eigenvalue weighted by molar-refractivity contribution is 0.190. The van der Waals surface area contributed by atoms with Crippen molar-refractivity contribution in [2.45, 2.75) is 32.3 Å². The first kappa shape index (κ1) is 11.0. The van der Waals surface area contributed by atoms with Gasteiger partial charge < -0.3 is 15.3 Å². The highest BCUT2D eigenvalue weighted by Crippen LogP contribution is 2.06. The third kappa shape index (κ3) is 5.24. The van der Waals surface area contributed by atoms with Gasteiger partial charge in [0.15, 0.2) is 0 Å². The van der Waals surface area contributed by atoms with Crippen molar-refractivity contribution in [3.8, 4) is 0 Å². The van der Waals surface area contributed by atoms with Crippen LogP contribution < -0.4 is 5.32 Å². The fraction of sp³-hybridized carbons (Fsp3) is 1.00. The second-order valence-corrected chi connectivity index (χ2v) is 3.96. The highest BCUT2D eigenvalue weighted by atomic mass is 16.3. The fourth-order valence-electron chi connectivity index (χ4n) is 1.74. The molecule has 3 nitrogen and oxygen atoms in total. The first-order valence-corrected chi connectivity index (χ1v) is 5.40. The first-order chi connectivity index (χ1) is 6.29. The lowest BCUT2D eigenvalue weighted by atomic mass is 10.3. The van der Waals surface area contributed by atoms with Gasteiger partial charge in [0.25, 0.3) is 0 Å². The van der Waals surface area contributed by atoms with E-state index >= 15 is 0 Å². The topological polar surface area (TPSA) is 35.5 Å². The van der Waals surface area contributed by atoms with Gasteiger partial charge in [-0.2, -0.15) is 0 Å². The number of aliphatic hydroxyl groups is 1. The molecule has 78 valence electrons. The standard InChI is InChI=1S/C10H22N2O/c1-10(13)9-11-5-4-8-12-6-2-3-7-12/h10-11,13H,2-9H2,1H3. The zero-order valence-electron chi connectivity index (χ0n) is 8.63. The van der Waals surface area contributed by atoms with Crippen molar-refractivity contribution < 1.29 is 5.11 Å². The Morgan fingerprint density at radius 1 is 1.38 bits per heavy atom. The van der Waals surface area contributed by atoms with Crippen LogP contribution in [0.5, 0.6) is 0 Å². The minimum atomic E-state index is -0.216. The van der Waals surface area contributed by atoms with Crippen molar-refractivity contribution in [2.24, 2.45) is 0 Å². The van der Waals surface area contributed by atoms with E-state index in [0.29, 0.717) is 0 Å². The van der Waals surface area contributed by atoms with Gasteiger partial charge in [-0.25, -0.2) is 0 Å². The van der Waals surface area contributed by atoms with Crippen molar-refractivity contribution in [3.63, 3.8) is 0 Å². The molecular formula is C10H22N2O. The average Bonchev–Trinajstić information content (AvgIpc) is 2.55. The fourth-order valence-corrected chi connectivity index (χ4v) is 1.74. The van der Waals surface area contributed by atoms with Crippen LogP contribution >= 0.6 is 0 Å². The molecule has 1 heterocycles. The molecule has 1 atom stereocenters. The Kier molecular flexibility index (Phi) is 5.35. The summed E-state index contributed by atoms with van der Waals surface area (Å²) in [4.78, 5) is 2.52. The number of nitrogens with one attached hydrogen (secondary N) is 1. The molecule has 1 unspecified atom stereocenters. The van der Waals surface area contributed by atoms with E-state index < -0.39 is 0 Å². The molecule has 1 aliphatic heterocycles. The van der Waals surface area contributed by atoms with Crippen LogP contribution in [-0.2, 0) is 0 Å². The zero-order chi connectivity index (χ0) is 9.52. The van der Waals surface area contributed by atoms with Crippen LogP contribution in [0.25, 0.3) is 0 Å². The molecule has 0 aliphatic carbocycles. The molecule has 1 fully saturated rings. The maximum absolute atomic E-state index is 8.99. The number of nitrogens with zero attached hydrogens (tertiary/aromatic N) is 1. The van der Waals surface area contributed by atoms with Crippen LogP contribution in [0.1, 0.15) is 26.2 Å². The molecule has 0 radical (unpaired) electrons. The summed E-state index contributed by atoms with van der Waals surface area (Å²) in [6, 6.07) is 0. The monoisotopic (exact) mass is 186 g/mol. The second kappa shape index (κ2) is 6.35. The van der Waals surface area contributed by atoms with Gasteiger partial charge in [-0.1, -0.05) is 0 Å². The molecule has 1 aliphatic rings. The molecular weight excluding hydrogens is 164 g/mol. The van der Waals surface area contributed by atoms with Crippen molar-refractivity contribution in [1.29, 1.82) is 0 Å². The Balaban J connectivity index is 1.83. The van der Waals surface area contributed by atoms with Gasteiger partial charge in [-0.05, 0) is 52.4 Å². The zero-order valence-corrected chi connectivity index (χ0v) is 8.63. The smallest absolute Gasteiger partial charge is 0.0636 e. The molecule has 0 aromatic heterocycles. The van der Waals surface area contributed by atoms with Crippen molar-refractivity contribution in [2.75, 3.05) is 32.7 Å². The summed E-state index contributed by atoms with van der Waals surface area (Å²) in [7, 11) is 0. The Morgan fingerprint density at radius 3 is 2.69 bits per heavy atom. The summed E-state index contributed by atoms with van der Waals surface area (Å²) in [5.41, 5.74) is 0. The van der Waals surface area contributed by atoms with E-state index in [0.717, 1.165) is 13.1 Å². The lowest BCUT2D eigenvalue weighted by Crippen LogP contribution is -2.28. The normalized spacial score (nSPS) is 20.8. The number of aliphatic hydroxyl groups excluding tert-OH is 1. The number of likely N-dealkylation sites (tertiary alicyclic amines) is 1. The molecule has 0 bridgehead atoms. The van der Waals surface area contributed by atoms with E-state index in [1.165, 1.54) is 38.9 Å². The second-order valence-electron chi connectivity index (χ2n) is 3.96. The molecule has 3 heteroatoms. The van der Waals surface area contributed by atoms with Gasteiger partial charge >= 0.3 is 0 Å². The van der Waals surface area contributed by atoms with Crippen molar-refractivity contribution in [1.82, 2.24) is 10.2 Å². The van der Waals surface area contributed by atoms with E-state index in [1.807, 2.05) is 6.92 Å². The van der Waals surface area contributed by atoms with Crippen LogP contribution in [0.4, 0.5) is 0 Å². The predicted molar refractivity (Wildman–Crippen MR) is 54.8 cm³/mol. The Morgan fingerprint density at radius 2 is 2.08 bits per heavy atom. The van der Waals surface area contributed by atoms with Gasteiger partial charge in [0.2, 0.25) is 0 Å². The van der Waals surface area contributed by atoms with E-state index in [2.05, 4.69) is 10.2 Å². The minimum Gasteiger partial charge on any atom is -0.392 e. The largest absolute Gasteiger partial charge is 0.392 e. The van der Waals surface area contributed by atoms with Crippen LogP contribution in [0.2, 0.25) is 0 Å². The Bertz CT molecular complexity index is 122. The third-order valence-electron chi connectivity index (χ3n) is 2.47. The molecule has 2 N–H and O–H groups in total. The molecule has 0 aromatic carbocycles.